The third-order valence-corrected chi connectivity index (χ3v) is 7.28. The highest BCUT2D eigenvalue weighted by atomic mass is 16.5. The van der Waals surface area contributed by atoms with Gasteiger partial charge in [0, 0.05) is 28.5 Å². The molecule has 6 nitrogen and oxygen atoms in total. The highest BCUT2D eigenvalue weighted by Gasteiger charge is 2.51. The summed E-state index contributed by atoms with van der Waals surface area (Å²) < 4.78 is 21.0. The highest BCUT2D eigenvalue weighted by molar-refractivity contribution is 5.84. The average Bonchev–Trinajstić information content (AvgIpc) is 3.12. The van der Waals surface area contributed by atoms with Crippen LogP contribution in [0.4, 0.5) is 0 Å². The number of benzene rings is 2. The van der Waals surface area contributed by atoms with Crippen molar-refractivity contribution in [3.05, 3.63) is 80.8 Å². The van der Waals surface area contributed by atoms with Crippen LogP contribution < -0.4 is 14.9 Å². The van der Waals surface area contributed by atoms with Crippen LogP contribution in [0.3, 0.4) is 0 Å². The lowest BCUT2D eigenvalue weighted by molar-refractivity contribution is -0.0184. The van der Waals surface area contributed by atoms with Gasteiger partial charge in [0.25, 0.3) is 0 Å². The van der Waals surface area contributed by atoms with Crippen molar-refractivity contribution < 1.29 is 13.9 Å². The minimum atomic E-state index is -0.517. The second-order valence-corrected chi connectivity index (χ2v) is 9.62. The molecule has 4 aromatic rings. The van der Waals surface area contributed by atoms with E-state index < -0.39 is 5.60 Å². The van der Waals surface area contributed by atoms with E-state index in [0.717, 1.165) is 34.1 Å². The zero-order chi connectivity index (χ0) is 23.1. The van der Waals surface area contributed by atoms with Crippen LogP contribution in [0.2, 0.25) is 0 Å². The maximum atomic E-state index is 13.1. The van der Waals surface area contributed by atoms with E-state index in [1.54, 1.807) is 0 Å². The molecular formula is C27H26N2O4. The van der Waals surface area contributed by atoms with E-state index in [1.807, 2.05) is 67.9 Å². The number of hydrogen-bond acceptors (Lipinski definition) is 5. The molecular weight excluding hydrogens is 416 g/mol. The lowest BCUT2D eigenvalue weighted by atomic mass is 9.70. The molecule has 168 valence electrons. The second kappa shape index (κ2) is 6.73. The normalized spacial score (nSPS) is 20.4. The molecule has 6 heteroatoms. The maximum Gasteiger partial charge on any atom is 0.221 e. The van der Waals surface area contributed by atoms with E-state index >= 15 is 0 Å². The van der Waals surface area contributed by atoms with Crippen molar-refractivity contribution in [3.8, 4) is 17.3 Å². The first-order chi connectivity index (χ1) is 15.8. The van der Waals surface area contributed by atoms with E-state index in [-0.39, 0.29) is 17.3 Å². The van der Waals surface area contributed by atoms with Crippen LogP contribution in [0, 0.1) is 26.7 Å². The molecule has 0 spiro atoms. The molecule has 2 atom stereocenters. The zero-order valence-corrected chi connectivity index (χ0v) is 19.4. The van der Waals surface area contributed by atoms with Gasteiger partial charge >= 0.3 is 0 Å². The summed E-state index contributed by atoms with van der Waals surface area (Å²) in [6.45, 7) is 10.4. The van der Waals surface area contributed by atoms with Crippen molar-refractivity contribution in [2.24, 2.45) is 5.92 Å². The first-order valence-electron chi connectivity index (χ1n) is 11.3. The Morgan fingerprint density at radius 1 is 1.03 bits per heavy atom. The van der Waals surface area contributed by atoms with Crippen LogP contribution in [0.1, 0.15) is 47.9 Å². The fourth-order valence-corrected chi connectivity index (χ4v) is 5.35. The smallest absolute Gasteiger partial charge is 0.221 e. The summed E-state index contributed by atoms with van der Waals surface area (Å²) in [5, 5.41) is 5.46. The molecule has 2 aromatic heterocycles. The van der Waals surface area contributed by atoms with E-state index in [1.165, 1.54) is 0 Å². The van der Waals surface area contributed by atoms with E-state index in [9.17, 15) is 4.79 Å². The fraction of sp³-hybridized carbons (Fsp3) is 0.333. The molecule has 0 N–H and O–H groups in total. The van der Waals surface area contributed by atoms with Gasteiger partial charge in [0.15, 0.2) is 5.43 Å². The number of aryl methyl sites for hydroxylation is 2. The Morgan fingerprint density at radius 2 is 1.79 bits per heavy atom. The van der Waals surface area contributed by atoms with Crippen LogP contribution in [0.5, 0.6) is 11.6 Å². The van der Waals surface area contributed by atoms with Gasteiger partial charge in [-0.25, -0.2) is 4.68 Å². The average molecular weight is 443 g/mol. The summed E-state index contributed by atoms with van der Waals surface area (Å²) in [6.07, 6.45) is 0. The molecule has 0 saturated carbocycles. The topological polar surface area (TPSA) is 66.5 Å². The van der Waals surface area contributed by atoms with E-state index in [0.29, 0.717) is 28.9 Å². The summed E-state index contributed by atoms with van der Waals surface area (Å²) in [5.41, 5.74) is 4.51. The molecule has 2 aliphatic heterocycles. The summed E-state index contributed by atoms with van der Waals surface area (Å²) >= 11 is 0. The van der Waals surface area contributed by atoms with Crippen LogP contribution >= 0.6 is 0 Å². The molecule has 2 aromatic carbocycles. The monoisotopic (exact) mass is 442 g/mol. The summed E-state index contributed by atoms with van der Waals surface area (Å²) in [6, 6.07) is 13.7. The van der Waals surface area contributed by atoms with Crippen molar-refractivity contribution in [1.82, 2.24) is 9.78 Å². The third kappa shape index (κ3) is 2.73. The Labute approximate surface area is 191 Å². The van der Waals surface area contributed by atoms with Gasteiger partial charge in [0.2, 0.25) is 5.88 Å². The van der Waals surface area contributed by atoms with Crippen molar-refractivity contribution in [2.75, 3.05) is 6.61 Å². The van der Waals surface area contributed by atoms with E-state index in [4.69, 9.17) is 19.0 Å². The Kier molecular flexibility index (Phi) is 4.10. The van der Waals surface area contributed by atoms with Crippen molar-refractivity contribution in [3.63, 3.8) is 0 Å². The van der Waals surface area contributed by atoms with Gasteiger partial charge in [0.05, 0.1) is 23.4 Å². The van der Waals surface area contributed by atoms with Crippen molar-refractivity contribution in [1.29, 1.82) is 0 Å². The van der Waals surface area contributed by atoms with Gasteiger partial charge in [-0.15, -0.1) is 0 Å². The van der Waals surface area contributed by atoms with Crippen LogP contribution in [-0.4, -0.2) is 22.0 Å². The molecule has 0 unspecified atom stereocenters. The molecule has 0 amide bonds. The second-order valence-electron chi connectivity index (χ2n) is 9.62. The molecule has 0 saturated heterocycles. The van der Waals surface area contributed by atoms with Crippen molar-refractivity contribution >= 4 is 11.0 Å². The van der Waals surface area contributed by atoms with Gasteiger partial charge in [-0.1, -0.05) is 18.2 Å². The highest BCUT2D eigenvalue weighted by Crippen LogP contribution is 2.55. The fourth-order valence-electron chi connectivity index (χ4n) is 5.35. The largest absolute Gasteiger partial charge is 0.493 e. The Morgan fingerprint density at radius 3 is 2.55 bits per heavy atom. The quantitative estimate of drug-likeness (QED) is 0.405. The van der Waals surface area contributed by atoms with Crippen LogP contribution in [0.15, 0.2) is 51.7 Å². The molecule has 0 fully saturated rings. The van der Waals surface area contributed by atoms with Gasteiger partial charge in [0.1, 0.15) is 22.7 Å². The predicted molar refractivity (Wildman–Crippen MR) is 126 cm³/mol. The van der Waals surface area contributed by atoms with Gasteiger partial charge in [-0.3, -0.25) is 4.79 Å². The lowest BCUT2D eigenvalue weighted by Gasteiger charge is -2.46. The maximum absolute atomic E-state index is 13.1. The number of aromatic nitrogens is 2. The number of para-hydroxylation sites is 1. The number of rotatable bonds is 1. The Hall–Kier alpha value is -3.54. The summed E-state index contributed by atoms with van der Waals surface area (Å²) in [7, 11) is 0. The molecule has 0 radical (unpaired) electrons. The first-order valence-corrected chi connectivity index (χ1v) is 11.3. The summed E-state index contributed by atoms with van der Waals surface area (Å²) in [5.74, 6) is 2.08. The van der Waals surface area contributed by atoms with E-state index in [2.05, 4.69) is 13.8 Å². The van der Waals surface area contributed by atoms with Gasteiger partial charge < -0.3 is 13.9 Å². The number of hydrogen-bond donors (Lipinski definition) is 0. The standard InChI is InChI=1S/C27H26N2O4/c1-14-16(3)32-25-18(24(14)30)11-12-20-23(25)22-19(13-31-20)27(4,5)33-26-21(22)15(2)28-29(26)17-9-7-6-8-10-17/h6-12,19,22H,13H2,1-5H3/t19-,22+/m0/s1. The zero-order valence-electron chi connectivity index (χ0n) is 19.4. The predicted octanol–water partition coefficient (Wildman–Crippen LogP) is 5.22. The minimum absolute atomic E-state index is 0.00178. The third-order valence-electron chi connectivity index (χ3n) is 7.28. The van der Waals surface area contributed by atoms with Gasteiger partial charge in [-0.2, -0.15) is 5.10 Å². The molecule has 0 aliphatic carbocycles. The van der Waals surface area contributed by atoms with Crippen LogP contribution in [0.25, 0.3) is 16.7 Å². The first kappa shape index (κ1) is 20.1. The van der Waals surface area contributed by atoms with Crippen molar-refractivity contribution in [2.45, 2.75) is 46.1 Å². The lowest BCUT2D eigenvalue weighted by Crippen LogP contribution is -2.49. The Bertz CT molecular complexity index is 1480. The molecule has 4 heterocycles. The Balaban J connectivity index is 1.69. The molecule has 6 rings (SSSR count). The minimum Gasteiger partial charge on any atom is -0.493 e. The molecule has 2 aliphatic rings. The summed E-state index contributed by atoms with van der Waals surface area (Å²) in [4.78, 5) is 13.1. The van der Waals surface area contributed by atoms with Gasteiger partial charge in [-0.05, 0) is 58.9 Å². The van der Waals surface area contributed by atoms with Crippen LogP contribution in [-0.2, 0) is 0 Å². The molecule has 0 bridgehead atoms. The SMILES string of the molecule is Cc1nn(-c2ccccc2)c2c1[C@@H]1c3c(ccc4c(=O)c(C)c(C)oc34)OC[C@@H]1C(C)(C)O2. The number of ether oxygens (including phenoxy) is 2. The number of nitrogens with zero attached hydrogens (tertiary/aromatic N) is 2. The number of fused-ring (bicyclic) bond motifs is 7. The molecule has 33 heavy (non-hydrogen) atoms.